The number of carbonyl (C=O) groups is 1. The Morgan fingerprint density at radius 2 is 1.63 bits per heavy atom. The van der Waals surface area contributed by atoms with Crippen LogP contribution < -0.4 is 4.40 Å². The minimum Gasteiger partial charge on any atom is 0 e. The summed E-state index contributed by atoms with van der Waals surface area (Å²) in [5.74, 6) is 7.86. The minimum absolute atomic E-state index is 0. The summed E-state index contributed by atoms with van der Waals surface area (Å²) < 4.78 is 3.69. The monoisotopic (exact) mass is 815 g/mol. The number of ketones is 1. The van der Waals surface area contributed by atoms with Gasteiger partial charge in [0.2, 0.25) is 0 Å². The number of rotatable bonds is 8. The second-order valence-corrected chi connectivity index (χ2v) is 23.0. The van der Waals surface area contributed by atoms with E-state index in [9.17, 15) is 9.90 Å². The van der Waals surface area contributed by atoms with Crippen molar-refractivity contribution < 1.29 is 30.0 Å². The van der Waals surface area contributed by atoms with Gasteiger partial charge in [-0.05, 0) is 25.7 Å². The van der Waals surface area contributed by atoms with Crippen LogP contribution in [0.2, 0.25) is 17.3 Å². The summed E-state index contributed by atoms with van der Waals surface area (Å²) in [6, 6.07) is 21.1. The summed E-state index contributed by atoms with van der Waals surface area (Å²) in [7, 11) is 0. The van der Waals surface area contributed by atoms with Crippen molar-refractivity contribution in [2.45, 2.75) is 70.6 Å². The first-order chi connectivity index (χ1) is 20.1. The van der Waals surface area contributed by atoms with Crippen molar-refractivity contribution >= 4 is 72.7 Å². The second-order valence-electron chi connectivity index (χ2n) is 12.4. The van der Waals surface area contributed by atoms with E-state index in [0.717, 1.165) is 53.3 Å². The maximum atomic E-state index is 11.7. The smallest absolute Gasteiger partial charge is 0 e. The van der Waals surface area contributed by atoms with Crippen molar-refractivity contribution in [1.29, 1.82) is 0 Å². The molecule has 0 atom stereocenters. The van der Waals surface area contributed by atoms with Gasteiger partial charge in [-0.15, -0.1) is 0 Å². The van der Waals surface area contributed by atoms with Crippen LogP contribution in [0.15, 0.2) is 66.6 Å². The van der Waals surface area contributed by atoms with Gasteiger partial charge in [-0.3, -0.25) is 4.79 Å². The van der Waals surface area contributed by atoms with E-state index in [0.29, 0.717) is 0 Å². The molecule has 0 fully saturated rings. The Morgan fingerprint density at radius 3 is 2.28 bits per heavy atom. The number of fused-ring (bicyclic) bond motifs is 4. The molecule has 3 aromatic heterocycles. The molecule has 0 saturated carbocycles. The number of hydrogen-bond acceptors (Lipinski definition) is 4. The number of aliphatic hydroxyl groups excluding tert-OH is 1. The summed E-state index contributed by atoms with van der Waals surface area (Å²) >= 11 is -2.01. The van der Waals surface area contributed by atoms with Crippen LogP contribution >= 0.6 is 0 Å². The molecule has 1 radical (unpaired) electrons. The Labute approximate surface area is 270 Å². The Kier molecular flexibility index (Phi) is 10.4. The van der Waals surface area contributed by atoms with Gasteiger partial charge in [-0.2, -0.15) is 0 Å². The van der Waals surface area contributed by atoms with Crippen LogP contribution in [0.25, 0.3) is 49.3 Å². The van der Waals surface area contributed by atoms with E-state index in [2.05, 4.69) is 70.2 Å². The van der Waals surface area contributed by atoms with Crippen LogP contribution in [0.4, 0.5) is 0 Å². The van der Waals surface area contributed by atoms with E-state index in [1.165, 1.54) is 32.1 Å². The first-order valence-corrected chi connectivity index (χ1v) is 22.7. The minimum atomic E-state index is -2.01. The number of aromatic nitrogens is 3. The average Bonchev–Trinajstić information content (AvgIpc) is 3.36. The normalized spacial score (nSPS) is 12.5. The molecule has 0 aliphatic rings. The topological polar surface area (TPSA) is 67.5 Å². The van der Waals surface area contributed by atoms with Gasteiger partial charge >= 0.3 is 159 Å². The van der Waals surface area contributed by atoms with E-state index in [1.54, 1.807) is 0 Å². The molecule has 1 N–H and O–H groups in total. The van der Waals surface area contributed by atoms with Crippen LogP contribution in [-0.2, 0) is 24.9 Å². The van der Waals surface area contributed by atoms with Crippen LogP contribution in [0, 0.1) is 17.9 Å². The molecule has 3 aromatic carbocycles. The SMILES string of the molecule is CCC(CC)C(=O)/C=C(\O)C(CC)CC.[CH3][Ge]([CH3])([CH3])[c]1cc2nc3ccnc4c5[c-]c6ccccc6cc5c(c1)c2n34.[Ir]. The van der Waals surface area contributed by atoms with Crippen molar-refractivity contribution in [2.75, 3.05) is 0 Å². The summed E-state index contributed by atoms with van der Waals surface area (Å²) in [5.41, 5.74) is 4.16. The molecule has 3 heterocycles. The molecular formula is C36H42GeIrN3O2-. The molecule has 5 nitrogen and oxygen atoms in total. The molecule has 0 spiro atoms. The number of allylic oxidation sites excluding steroid dienone is 2. The predicted molar refractivity (Wildman–Crippen MR) is 180 cm³/mol. The Bertz CT molecular complexity index is 1910. The molecule has 0 unspecified atom stereocenters. The first kappa shape index (κ1) is 33.1. The van der Waals surface area contributed by atoms with Gasteiger partial charge in [-0.25, -0.2) is 0 Å². The molecule has 7 heteroatoms. The van der Waals surface area contributed by atoms with Crippen LogP contribution in [0.5, 0.6) is 0 Å². The van der Waals surface area contributed by atoms with Crippen LogP contribution in [-0.4, -0.2) is 38.5 Å². The maximum absolute atomic E-state index is 11.7. The zero-order valence-electron chi connectivity index (χ0n) is 26.3. The predicted octanol–water partition coefficient (Wildman–Crippen LogP) is 8.99. The maximum Gasteiger partial charge on any atom is 0 e. The van der Waals surface area contributed by atoms with Gasteiger partial charge in [0.25, 0.3) is 0 Å². The standard InChI is InChI=1S/C23H18GeN3.C13H24O2.Ir/c1-24(2,3)16-12-18-17-10-14-6-4-5-7-15(14)11-19(17)23-25-9-8-21-26-20(13-16)22(18)27(21)23;1-5-10(6-2)12(14)9-13(15)11(7-3)8-4;/h4-10,12-13H,1-3H3;9-11,14H,5-8H2,1-4H3;/q-1;;/b;12-9-;. The molecule has 0 aliphatic carbocycles. The first-order valence-electron chi connectivity index (χ1n) is 15.3. The third-order valence-corrected chi connectivity index (χ3v) is 12.9. The fourth-order valence-corrected chi connectivity index (χ4v) is 8.34. The summed E-state index contributed by atoms with van der Waals surface area (Å²) in [6.07, 6.45) is 6.76. The number of imidazole rings is 1. The zero-order chi connectivity index (χ0) is 30.2. The molecule has 0 amide bonds. The van der Waals surface area contributed by atoms with Crippen LogP contribution in [0.1, 0.15) is 53.4 Å². The van der Waals surface area contributed by atoms with Gasteiger partial charge in [0.1, 0.15) is 0 Å². The summed E-state index contributed by atoms with van der Waals surface area (Å²) in [6.45, 7) is 8.07. The molecule has 0 saturated heterocycles. The van der Waals surface area contributed by atoms with E-state index in [4.69, 9.17) is 9.97 Å². The van der Waals surface area contributed by atoms with Crippen molar-refractivity contribution in [3.8, 4) is 0 Å². The van der Waals surface area contributed by atoms with Crippen molar-refractivity contribution in [3.05, 3.63) is 72.6 Å². The number of benzene rings is 3. The fourth-order valence-electron chi connectivity index (χ4n) is 5.94. The van der Waals surface area contributed by atoms with Gasteiger partial charge in [0, 0.05) is 38.0 Å². The molecule has 6 rings (SSSR count). The number of carbonyl (C=O) groups excluding carboxylic acids is 1. The molecule has 0 bridgehead atoms. The molecule has 0 aliphatic heterocycles. The summed E-state index contributed by atoms with van der Waals surface area (Å²) in [5, 5.41) is 15.7. The molecule has 43 heavy (non-hydrogen) atoms. The van der Waals surface area contributed by atoms with Gasteiger partial charge < -0.3 is 5.11 Å². The van der Waals surface area contributed by atoms with E-state index in [-0.39, 0.29) is 43.5 Å². The number of aliphatic hydroxyl groups is 1. The number of pyridine rings is 1. The molecular weight excluding hydrogens is 771 g/mol. The van der Waals surface area contributed by atoms with Crippen molar-refractivity contribution in [3.63, 3.8) is 0 Å². The van der Waals surface area contributed by atoms with Crippen molar-refractivity contribution in [1.82, 2.24) is 14.4 Å². The zero-order valence-corrected chi connectivity index (χ0v) is 30.8. The van der Waals surface area contributed by atoms with E-state index < -0.39 is 13.3 Å². The van der Waals surface area contributed by atoms with E-state index in [1.807, 2.05) is 40.0 Å². The largest absolute Gasteiger partial charge is 0 e. The fraction of sp³-hybridized carbons (Fsp3) is 0.361. The average molecular weight is 814 g/mol. The van der Waals surface area contributed by atoms with Gasteiger partial charge in [0.15, 0.2) is 5.78 Å². The molecule has 6 aromatic rings. The Morgan fingerprint density at radius 1 is 0.953 bits per heavy atom. The summed E-state index contributed by atoms with van der Waals surface area (Å²) in [4.78, 5) is 21.4. The number of hydrogen-bond donors (Lipinski definition) is 1. The van der Waals surface area contributed by atoms with Crippen molar-refractivity contribution in [2.24, 2.45) is 11.8 Å². The third kappa shape index (κ3) is 6.38. The third-order valence-electron chi connectivity index (χ3n) is 8.66. The van der Waals surface area contributed by atoms with Gasteiger partial charge in [0.05, 0.1) is 5.76 Å². The molecule has 227 valence electrons. The van der Waals surface area contributed by atoms with Gasteiger partial charge in [-0.1, -0.05) is 27.7 Å². The number of nitrogens with zero attached hydrogens (tertiary/aromatic N) is 3. The Hall–Kier alpha value is -2.80. The second kappa shape index (κ2) is 13.5. The van der Waals surface area contributed by atoms with E-state index >= 15 is 0 Å². The Balaban J connectivity index is 0.000000230. The quantitative estimate of drug-likeness (QED) is 0.0417. The van der Waals surface area contributed by atoms with Crippen LogP contribution in [0.3, 0.4) is 0 Å².